The molecule has 0 N–H and O–H groups in total. The van der Waals surface area contributed by atoms with Gasteiger partial charge in [0.15, 0.2) is 5.82 Å². The highest BCUT2D eigenvalue weighted by atomic mass is 19.1. The summed E-state index contributed by atoms with van der Waals surface area (Å²) in [7, 11) is 0. The molecule has 1 aliphatic heterocycles. The Morgan fingerprint density at radius 3 is 2.88 bits per heavy atom. The number of rotatable bonds is 5. The Morgan fingerprint density at radius 2 is 2.12 bits per heavy atom. The molecule has 3 aromatic rings. The zero-order chi connectivity index (χ0) is 17.1. The monoisotopic (exact) mass is 344 g/mol. The van der Waals surface area contributed by atoms with Crippen molar-refractivity contribution < 1.29 is 13.7 Å². The third-order valence-corrected chi connectivity index (χ3v) is 4.57. The second-order valence-corrected chi connectivity index (χ2v) is 6.04. The maximum Gasteiger partial charge on any atom is 0.228 e. The summed E-state index contributed by atoms with van der Waals surface area (Å²) in [5.41, 5.74) is 0.361. The van der Waals surface area contributed by atoms with Gasteiger partial charge in [-0.2, -0.15) is 4.98 Å². The number of hydrogen-bond acceptors (Lipinski definition) is 7. The normalized spacial score (nSPS) is 16.8. The van der Waals surface area contributed by atoms with Crippen molar-refractivity contribution in [3.05, 3.63) is 53.7 Å². The molecule has 0 aliphatic carbocycles. The molecule has 0 saturated carbocycles. The van der Waals surface area contributed by atoms with E-state index in [1.807, 2.05) is 6.07 Å². The molecule has 0 bridgehead atoms. The standard InChI is InChI=1S/C16H17FN6O2/c17-13-3-1-2-12(10-13)16(5-8-24-9-6-16)15-19-14(25-20-15)4-7-23-11-18-21-22-23/h1-3,10-11H,4-9H2. The first-order chi connectivity index (χ1) is 12.3. The molecule has 8 nitrogen and oxygen atoms in total. The van der Waals surface area contributed by atoms with Crippen molar-refractivity contribution in [1.29, 1.82) is 0 Å². The molecule has 0 spiro atoms. The van der Waals surface area contributed by atoms with Crippen molar-refractivity contribution in [2.75, 3.05) is 13.2 Å². The van der Waals surface area contributed by atoms with Crippen LogP contribution in [0.25, 0.3) is 0 Å². The molecule has 1 fully saturated rings. The van der Waals surface area contributed by atoms with Crippen molar-refractivity contribution in [2.45, 2.75) is 31.2 Å². The van der Waals surface area contributed by atoms with Crippen molar-refractivity contribution in [2.24, 2.45) is 0 Å². The maximum atomic E-state index is 13.8. The molecule has 1 aliphatic rings. The first kappa shape index (κ1) is 15.8. The van der Waals surface area contributed by atoms with Crippen LogP contribution < -0.4 is 0 Å². The third-order valence-electron chi connectivity index (χ3n) is 4.57. The van der Waals surface area contributed by atoms with Gasteiger partial charge in [0.2, 0.25) is 5.89 Å². The van der Waals surface area contributed by atoms with Crippen molar-refractivity contribution in [3.8, 4) is 0 Å². The van der Waals surface area contributed by atoms with Gasteiger partial charge in [0, 0.05) is 19.6 Å². The van der Waals surface area contributed by atoms with Crippen LogP contribution in [0, 0.1) is 5.82 Å². The van der Waals surface area contributed by atoms with Crippen LogP contribution >= 0.6 is 0 Å². The highest BCUT2D eigenvalue weighted by molar-refractivity contribution is 5.33. The number of hydrogen-bond donors (Lipinski definition) is 0. The van der Waals surface area contributed by atoms with Crippen LogP contribution in [0.3, 0.4) is 0 Å². The molecule has 25 heavy (non-hydrogen) atoms. The van der Waals surface area contributed by atoms with E-state index in [-0.39, 0.29) is 5.82 Å². The fraction of sp³-hybridized carbons (Fsp3) is 0.438. The van der Waals surface area contributed by atoms with Crippen LogP contribution in [0.2, 0.25) is 0 Å². The predicted octanol–water partition coefficient (Wildman–Crippen LogP) is 1.53. The Balaban J connectivity index is 1.62. The van der Waals surface area contributed by atoms with E-state index >= 15 is 0 Å². The third kappa shape index (κ3) is 3.14. The van der Waals surface area contributed by atoms with E-state index in [0.717, 1.165) is 5.56 Å². The summed E-state index contributed by atoms with van der Waals surface area (Å²) in [6, 6.07) is 6.60. The summed E-state index contributed by atoms with van der Waals surface area (Å²) in [5.74, 6) is 0.812. The number of halogens is 1. The molecule has 0 unspecified atom stereocenters. The molecular weight excluding hydrogens is 327 g/mol. The molecule has 3 heterocycles. The van der Waals surface area contributed by atoms with Gasteiger partial charge in [0.1, 0.15) is 12.1 Å². The summed E-state index contributed by atoms with van der Waals surface area (Å²) in [6.07, 6.45) is 3.42. The fourth-order valence-corrected chi connectivity index (χ4v) is 3.19. The van der Waals surface area contributed by atoms with Gasteiger partial charge in [-0.15, -0.1) is 5.10 Å². The molecular formula is C16H17FN6O2. The van der Waals surface area contributed by atoms with Crippen molar-refractivity contribution in [3.63, 3.8) is 0 Å². The van der Waals surface area contributed by atoms with Gasteiger partial charge in [-0.25, -0.2) is 9.07 Å². The van der Waals surface area contributed by atoms with E-state index in [1.165, 1.54) is 12.4 Å². The number of ether oxygens (including phenoxy) is 1. The van der Waals surface area contributed by atoms with Crippen molar-refractivity contribution >= 4 is 0 Å². The molecule has 1 saturated heterocycles. The van der Waals surface area contributed by atoms with E-state index in [9.17, 15) is 4.39 Å². The van der Waals surface area contributed by atoms with Gasteiger partial charge >= 0.3 is 0 Å². The van der Waals surface area contributed by atoms with E-state index in [0.29, 0.717) is 50.7 Å². The average molecular weight is 344 g/mol. The van der Waals surface area contributed by atoms with Gasteiger partial charge in [-0.05, 0) is 41.0 Å². The van der Waals surface area contributed by atoms with Crippen LogP contribution in [-0.2, 0) is 23.1 Å². The molecule has 4 rings (SSSR count). The molecule has 2 aromatic heterocycles. The Bertz CT molecular complexity index is 829. The summed E-state index contributed by atoms with van der Waals surface area (Å²) < 4.78 is 26.3. The van der Waals surface area contributed by atoms with Crippen LogP contribution in [-0.4, -0.2) is 43.6 Å². The fourth-order valence-electron chi connectivity index (χ4n) is 3.19. The smallest absolute Gasteiger partial charge is 0.228 e. The summed E-state index contributed by atoms with van der Waals surface area (Å²) in [6.45, 7) is 1.70. The highest BCUT2D eigenvalue weighted by Crippen LogP contribution is 2.39. The largest absolute Gasteiger partial charge is 0.381 e. The van der Waals surface area contributed by atoms with Crippen molar-refractivity contribution in [1.82, 2.24) is 30.3 Å². The molecule has 0 atom stereocenters. The summed E-state index contributed by atoms with van der Waals surface area (Å²) in [5, 5.41) is 15.2. The lowest BCUT2D eigenvalue weighted by Gasteiger charge is -2.34. The van der Waals surface area contributed by atoms with E-state index in [4.69, 9.17) is 9.26 Å². The lowest BCUT2D eigenvalue weighted by atomic mass is 9.73. The minimum Gasteiger partial charge on any atom is -0.381 e. The molecule has 130 valence electrons. The Kier molecular flexibility index (Phi) is 4.22. The Morgan fingerprint density at radius 1 is 1.24 bits per heavy atom. The average Bonchev–Trinajstić information content (AvgIpc) is 3.32. The van der Waals surface area contributed by atoms with Gasteiger partial charge in [-0.3, -0.25) is 0 Å². The van der Waals surface area contributed by atoms with Gasteiger partial charge < -0.3 is 9.26 Å². The lowest BCUT2D eigenvalue weighted by Crippen LogP contribution is -2.36. The molecule has 0 radical (unpaired) electrons. The van der Waals surface area contributed by atoms with E-state index in [1.54, 1.807) is 16.8 Å². The minimum atomic E-state index is -0.489. The van der Waals surface area contributed by atoms with Gasteiger partial charge in [0.05, 0.1) is 12.0 Å². The number of benzene rings is 1. The number of aryl methyl sites for hydroxylation is 2. The van der Waals surface area contributed by atoms with E-state index in [2.05, 4.69) is 25.7 Å². The molecule has 9 heteroatoms. The minimum absolute atomic E-state index is 0.272. The van der Waals surface area contributed by atoms with Gasteiger partial charge in [0.25, 0.3) is 0 Å². The molecule has 1 aromatic carbocycles. The topological polar surface area (TPSA) is 91.8 Å². The second kappa shape index (κ2) is 6.67. The SMILES string of the molecule is Fc1cccc(C2(c3noc(CCn4cnnn4)n3)CCOCC2)c1. The van der Waals surface area contributed by atoms with Crippen LogP contribution in [0.1, 0.15) is 30.1 Å². The lowest BCUT2D eigenvalue weighted by molar-refractivity contribution is 0.0596. The maximum absolute atomic E-state index is 13.8. The van der Waals surface area contributed by atoms with Crippen LogP contribution in [0.5, 0.6) is 0 Å². The zero-order valence-electron chi connectivity index (χ0n) is 13.5. The van der Waals surface area contributed by atoms with Crippen LogP contribution in [0.4, 0.5) is 4.39 Å². The number of aromatic nitrogens is 6. The summed E-state index contributed by atoms with van der Waals surface area (Å²) >= 11 is 0. The Hall–Kier alpha value is -2.68. The number of nitrogens with zero attached hydrogens (tertiary/aromatic N) is 6. The van der Waals surface area contributed by atoms with Crippen LogP contribution in [0.15, 0.2) is 35.1 Å². The zero-order valence-corrected chi connectivity index (χ0v) is 13.5. The quantitative estimate of drug-likeness (QED) is 0.693. The Labute approximate surface area is 143 Å². The summed E-state index contributed by atoms with van der Waals surface area (Å²) in [4.78, 5) is 4.57. The first-order valence-corrected chi connectivity index (χ1v) is 8.14. The number of tetrazole rings is 1. The molecule has 0 amide bonds. The second-order valence-electron chi connectivity index (χ2n) is 6.04. The first-order valence-electron chi connectivity index (χ1n) is 8.14. The van der Waals surface area contributed by atoms with Gasteiger partial charge in [-0.1, -0.05) is 17.3 Å². The highest BCUT2D eigenvalue weighted by Gasteiger charge is 2.40. The van der Waals surface area contributed by atoms with E-state index < -0.39 is 5.41 Å². The predicted molar refractivity (Wildman–Crippen MR) is 83.1 cm³/mol.